The first-order valence-electron chi connectivity index (χ1n) is 6.36. The van der Waals surface area contributed by atoms with E-state index in [4.69, 9.17) is 9.84 Å². The molecule has 1 aliphatic heterocycles. The van der Waals surface area contributed by atoms with Crippen molar-refractivity contribution >= 4 is 12.2 Å². The Balaban J connectivity index is 2.24. The molecule has 9 nitrogen and oxygen atoms in total. The molecule has 0 spiro atoms. The molecule has 21 heavy (non-hydrogen) atoms. The van der Waals surface area contributed by atoms with Gasteiger partial charge in [-0.05, 0) is 6.07 Å². The smallest absolute Gasteiger partial charge is 0.351 e. The zero-order chi connectivity index (χ0) is 15.6. The summed E-state index contributed by atoms with van der Waals surface area (Å²) in [5, 5.41) is 28.6. The summed E-state index contributed by atoms with van der Waals surface area (Å²) in [5.74, 6) is 0.219. The average molecular weight is 298 g/mol. The van der Waals surface area contributed by atoms with Crippen molar-refractivity contribution in [3.05, 3.63) is 22.7 Å². The molecule has 0 unspecified atom stereocenters. The highest BCUT2D eigenvalue weighted by Crippen LogP contribution is 2.28. The van der Waals surface area contributed by atoms with Gasteiger partial charge in [-0.3, -0.25) is 4.57 Å². The minimum Gasteiger partial charge on any atom is -0.394 e. The predicted octanol–water partition coefficient (Wildman–Crippen LogP) is -1.92. The lowest BCUT2D eigenvalue weighted by molar-refractivity contribution is -0.0549. The topological polar surface area (TPSA) is 120 Å². The molecule has 0 aromatic carbocycles. The molecule has 0 amide bonds. The van der Waals surface area contributed by atoms with Crippen molar-refractivity contribution in [1.29, 1.82) is 0 Å². The van der Waals surface area contributed by atoms with Gasteiger partial charge < -0.3 is 25.0 Å². The summed E-state index contributed by atoms with van der Waals surface area (Å²) in [6.45, 7) is -0.456. The Kier molecular flexibility index (Phi) is 4.68. The molecule has 116 valence electrons. The lowest BCUT2D eigenvalue weighted by atomic mass is 10.1. The van der Waals surface area contributed by atoms with E-state index in [2.05, 4.69) is 9.98 Å². The quantitative estimate of drug-likeness (QED) is 0.437. The third kappa shape index (κ3) is 3.27. The van der Waals surface area contributed by atoms with Crippen LogP contribution >= 0.6 is 0 Å². The number of aromatic nitrogens is 2. The highest BCUT2D eigenvalue weighted by Gasteiger charge is 2.43. The fourth-order valence-electron chi connectivity index (χ4n) is 1.95. The lowest BCUT2D eigenvalue weighted by Gasteiger charge is -2.16. The number of aliphatic hydroxyl groups excluding tert-OH is 3. The molecule has 1 aliphatic rings. The first kappa shape index (κ1) is 15.6. The number of hydrogen-bond acceptors (Lipinski definition) is 7. The second kappa shape index (κ2) is 6.31. The Morgan fingerprint density at radius 3 is 2.71 bits per heavy atom. The second-order valence-electron chi connectivity index (χ2n) is 4.91. The number of ether oxygens (including phenoxy) is 1. The highest BCUT2D eigenvalue weighted by atomic mass is 16.6. The Morgan fingerprint density at radius 1 is 1.48 bits per heavy atom. The van der Waals surface area contributed by atoms with Crippen molar-refractivity contribution in [1.82, 2.24) is 14.5 Å². The van der Waals surface area contributed by atoms with Crippen molar-refractivity contribution in [3.63, 3.8) is 0 Å². The number of aliphatic hydroxyl groups is 3. The molecule has 4 atom stereocenters. The van der Waals surface area contributed by atoms with Crippen LogP contribution in [0.1, 0.15) is 6.23 Å². The van der Waals surface area contributed by atoms with E-state index in [1.54, 1.807) is 19.0 Å². The van der Waals surface area contributed by atoms with E-state index in [0.29, 0.717) is 0 Å². The third-order valence-corrected chi connectivity index (χ3v) is 3.03. The summed E-state index contributed by atoms with van der Waals surface area (Å²) >= 11 is 0. The van der Waals surface area contributed by atoms with Gasteiger partial charge in [0.05, 0.1) is 12.9 Å². The molecular weight excluding hydrogens is 280 g/mol. The third-order valence-electron chi connectivity index (χ3n) is 3.03. The zero-order valence-electron chi connectivity index (χ0n) is 11.7. The van der Waals surface area contributed by atoms with Crippen LogP contribution in [0.2, 0.25) is 0 Å². The van der Waals surface area contributed by atoms with Gasteiger partial charge in [-0.15, -0.1) is 0 Å². The van der Waals surface area contributed by atoms with E-state index < -0.39 is 36.8 Å². The standard InChI is InChI=1S/C12H18N4O5/c1-15(2)6-13-8-3-4-16(12(20)14-8)11-10(19)9(18)7(5-17)21-11/h3-4,6-7,9-11,17-19H,5H2,1-2H3/t7-,9-,10+,11-/m1/s1. The van der Waals surface area contributed by atoms with Crippen LogP contribution in [-0.2, 0) is 4.74 Å². The van der Waals surface area contributed by atoms with Gasteiger partial charge in [0.25, 0.3) is 0 Å². The Morgan fingerprint density at radius 2 is 2.19 bits per heavy atom. The van der Waals surface area contributed by atoms with Crippen LogP contribution in [0.4, 0.5) is 5.82 Å². The minimum atomic E-state index is -1.32. The minimum absolute atomic E-state index is 0.219. The molecule has 3 N–H and O–H groups in total. The number of aliphatic imine (C=N–C) groups is 1. The maximum Gasteiger partial charge on any atom is 0.351 e. The average Bonchev–Trinajstić information content (AvgIpc) is 2.73. The van der Waals surface area contributed by atoms with Gasteiger partial charge in [0, 0.05) is 20.3 Å². The molecule has 0 aliphatic carbocycles. The highest BCUT2D eigenvalue weighted by molar-refractivity contribution is 5.58. The van der Waals surface area contributed by atoms with E-state index in [9.17, 15) is 15.0 Å². The summed E-state index contributed by atoms with van der Waals surface area (Å²) < 4.78 is 6.32. The monoisotopic (exact) mass is 298 g/mol. The molecule has 0 radical (unpaired) electrons. The molecule has 2 rings (SSSR count). The SMILES string of the molecule is CN(C)C=Nc1ccn([C@@H]2O[C@H](CO)[C@@H](O)[C@@H]2O)c(=O)n1. The van der Waals surface area contributed by atoms with Crippen LogP contribution in [0.3, 0.4) is 0 Å². The van der Waals surface area contributed by atoms with E-state index in [-0.39, 0.29) is 5.82 Å². The van der Waals surface area contributed by atoms with Crippen molar-refractivity contribution in [3.8, 4) is 0 Å². The maximum absolute atomic E-state index is 11.9. The van der Waals surface area contributed by atoms with E-state index >= 15 is 0 Å². The van der Waals surface area contributed by atoms with Gasteiger partial charge in [0.1, 0.15) is 18.3 Å². The first-order chi connectivity index (χ1) is 9.93. The number of nitrogens with zero attached hydrogens (tertiary/aromatic N) is 4. The van der Waals surface area contributed by atoms with Crippen LogP contribution in [0.25, 0.3) is 0 Å². The van der Waals surface area contributed by atoms with Crippen molar-refractivity contribution in [2.45, 2.75) is 24.5 Å². The van der Waals surface area contributed by atoms with Gasteiger partial charge in [0.15, 0.2) is 12.0 Å². The molecule has 1 aromatic rings. The summed E-state index contributed by atoms with van der Waals surface area (Å²) in [5.41, 5.74) is -0.668. The summed E-state index contributed by atoms with van der Waals surface area (Å²) in [4.78, 5) is 21.4. The molecule has 0 saturated carbocycles. The van der Waals surface area contributed by atoms with Gasteiger partial charge in [-0.25, -0.2) is 9.79 Å². The van der Waals surface area contributed by atoms with Crippen molar-refractivity contribution < 1.29 is 20.1 Å². The Hall–Kier alpha value is -1.81. The molecule has 1 saturated heterocycles. The molecule has 2 heterocycles. The largest absolute Gasteiger partial charge is 0.394 e. The molecule has 1 aromatic heterocycles. The van der Waals surface area contributed by atoms with E-state index in [1.807, 2.05) is 0 Å². The zero-order valence-corrected chi connectivity index (χ0v) is 11.7. The second-order valence-corrected chi connectivity index (χ2v) is 4.91. The predicted molar refractivity (Wildman–Crippen MR) is 73.3 cm³/mol. The Bertz CT molecular complexity index is 573. The van der Waals surface area contributed by atoms with Crippen LogP contribution < -0.4 is 5.69 Å². The van der Waals surface area contributed by atoms with Crippen molar-refractivity contribution in [2.24, 2.45) is 4.99 Å². The molecule has 0 bridgehead atoms. The molecule has 9 heteroatoms. The van der Waals surface area contributed by atoms with Gasteiger partial charge in [-0.2, -0.15) is 4.98 Å². The lowest BCUT2D eigenvalue weighted by Crippen LogP contribution is -2.35. The normalized spacial score (nSPS) is 29.2. The fraction of sp³-hybridized carbons (Fsp3) is 0.583. The van der Waals surface area contributed by atoms with Gasteiger partial charge in [0.2, 0.25) is 0 Å². The Labute approximate surface area is 120 Å². The first-order valence-corrected chi connectivity index (χ1v) is 6.36. The van der Waals surface area contributed by atoms with Crippen LogP contribution in [0, 0.1) is 0 Å². The van der Waals surface area contributed by atoms with Crippen LogP contribution in [-0.4, -0.2) is 75.1 Å². The van der Waals surface area contributed by atoms with Gasteiger partial charge >= 0.3 is 5.69 Å². The molecule has 1 fully saturated rings. The fourth-order valence-corrected chi connectivity index (χ4v) is 1.95. The summed E-state index contributed by atoms with van der Waals surface area (Å²) in [7, 11) is 3.56. The van der Waals surface area contributed by atoms with E-state index in [0.717, 1.165) is 4.57 Å². The number of hydrogen-bond donors (Lipinski definition) is 3. The summed E-state index contributed by atoms with van der Waals surface area (Å²) in [6, 6.07) is 1.48. The van der Waals surface area contributed by atoms with Crippen molar-refractivity contribution in [2.75, 3.05) is 20.7 Å². The van der Waals surface area contributed by atoms with Crippen LogP contribution in [0.5, 0.6) is 0 Å². The number of rotatable bonds is 4. The summed E-state index contributed by atoms with van der Waals surface area (Å²) in [6.07, 6.45) is -1.75. The van der Waals surface area contributed by atoms with Gasteiger partial charge in [-0.1, -0.05) is 0 Å². The van der Waals surface area contributed by atoms with E-state index in [1.165, 1.54) is 18.6 Å². The van der Waals surface area contributed by atoms with Crippen LogP contribution in [0.15, 0.2) is 22.1 Å². The molecular formula is C12H18N4O5. The maximum atomic E-state index is 11.9.